The third-order valence-corrected chi connectivity index (χ3v) is 18.4. The molecule has 3 aromatic rings. The number of nitrogens with one attached hydrogen (secondary N) is 1. The highest BCUT2D eigenvalue weighted by molar-refractivity contribution is 7.89. The third kappa shape index (κ3) is 14.6. The molecule has 0 amide bonds. The van der Waals surface area contributed by atoms with Gasteiger partial charge in [0.25, 0.3) is 0 Å². The van der Waals surface area contributed by atoms with Gasteiger partial charge in [-0.1, -0.05) is 156 Å². The van der Waals surface area contributed by atoms with Crippen LogP contribution in [0.1, 0.15) is 170 Å². The van der Waals surface area contributed by atoms with E-state index in [1.54, 1.807) is 48.6 Å². The summed E-state index contributed by atoms with van der Waals surface area (Å²) in [5.74, 6) is 0.0299. The first-order valence-electron chi connectivity index (χ1n) is 24.8. The van der Waals surface area contributed by atoms with Crippen LogP contribution in [-0.4, -0.2) is 97.1 Å². The Morgan fingerprint density at radius 3 is 1.06 bits per heavy atom. The smallest absolute Gasteiger partial charge is 0.244 e. The average Bonchev–Trinajstić information content (AvgIpc) is 3.28. The molecule has 1 aliphatic heterocycles. The minimum absolute atomic E-state index is 0.0346. The van der Waals surface area contributed by atoms with Crippen molar-refractivity contribution in [2.24, 2.45) is 5.73 Å². The SMILES string of the molecule is CC(C)c1cc(C(C)C)c(S(=O)(=O)N2C/C=C/CN(S(=O)(=O)c3ccc(CCCNCCCN)cc3)C/C=C/CN(S(=O)(=O)c3c(C(C)C)cc(C(C)C)cc3C(C)C)C/C=C/C2)c(C(C)C)c1. The second kappa shape index (κ2) is 25.6. The van der Waals surface area contributed by atoms with Crippen LogP contribution in [0.15, 0.2) is 99.7 Å². The lowest BCUT2D eigenvalue weighted by Crippen LogP contribution is -2.34. The molecule has 378 valence electrons. The van der Waals surface area contributed by atoms with Gasteiger partial charge in [-0.05, 0) is 125 Å². The summed E-state index contributed by atoms with van der Waals surface area (Å²) in [6, 6.07) is 15.0. The molecular formula is C54H83N5O6S3. The minimum atomic E-state index is -4.15. The summed E-state index contributed by atoms with van der Waals surface area (Å²) in [5.41, 5.74) is 11.8. The van der Waals surface area contributed by atoms with E-state index in [2.05, 4.69) is 33.0 Å². The molecule has 3 aromatic carbocycles. The summed E-state index contributed by atoms with van der Waals surface area (Å²) in [5, 5.41) is 3.38. The molecule has 0 unspecified atom stereocenters. The fourth-order valence-electron chi connectivity index (χ4n) is 8.34. The molecule has 0 radical (unpaired) electrons. The predicted octanol–water partition coefficient (Wildman–Crippen LogP) is 10.4. The van der Waals surface area contributed by atoms with Crippen molar-refractivity contribution >= 4 is 30.1 Å². The maximum absolute atomic E-state index is 15.2. The van der Waals surface area contributed by atoms with Crippen molar-refractivity contribution in [3.8, 4) is 0 Å². The van der Waals surface area contributed by atoms with Gasteiger partial charge in [0.1, 0.15) is 0 Å². The van der Waals surface area contributed by atoms with E-state index in [9.17, 15) is 8.42 Å². The first-order valence-corrected chi connectivity index (χ1v) is 29.1. The fourth-order valence-corrected chi connectivity index (χ4v) is 13.7. The zero-order valence-electron chi connectivity index (χ0n) is 43.1. The number of hydrogen-bond acceptors (Lipinski definition) is 8. The molecule has 3 N–H and O–H groups in total. The predicted molar refractivity (Wildman–Crippen MR) is 282 cm³/mol. The lowest BCUT2D eigenvalue weighted by atomic mass is 9.89. The van der Waals surface area contributed by atoms with E-state index in [1.165, 1.54) is 12.9 Å². The van der Waals surface area contributed by atoms with Crippen molar-refractivity contribution < 1.29 is 25.3 Å². The van der Waals surface area contributed by atoms with Crippen LogP contribution >= 0.6 is 0 Å². The van der Waals surface area contributed by atoms with Crippen molar-refractivity contribution in [3.63, 3.8) is 0 Å². The molecule has 0 spiro atoms. The Bertz CT molecular complexity index is 2350. The third-order valence-electron chi connectivity index (χ3n) is 12.6. The molecule has 0 saturated carbocycles. The number of nitrogens with zero attached hydrogens (tertiary/aromatic N) is 3. The quantitative estimate of drug-likeness (QED) is 0.0890. The Hall–Kier alpha value is -3.47. The summed E-state index contributed by atoms with van der Waals surface area (Å²) in [6.45, 7) is 26.6. The summed E-state index contributed by atoms with van der Waals surface area (Å²) in [4.78, 5) is 0.727. The molecule has 0 fully saturated rings. The molecule has 0 atom stereocenters. The van der Waals surface area contributed by atoms with Gasteiger partial charge in [-0.3, -0.25) is 0 Å². The van der Waals surface area contributed by atoms with E-state index in [1.807, 2.05) is 91.8 Å². The number of hydrogen-bond donors (Lipinski definition) is 2. The highest BCUT2D eigenvalue weighted by Gasteiger charge is 2.34. The summed E-state index contributed by atoms with van der Waals surface area (Å²) in [6.07, 6.45) is 12.9. The van der Waals surface area contributed by atoms with Crippen LogP contribution in [-0.2, 0) is 36.5 Å². The first-order chi connectivity index (χ1) is 32.0. The minimum Gasteiger partial charge on any atom is -0.330 e. The van der Waals surface area contributed by atoms with Crippen molar-refractivity contribution in [2.45, 2.75) is 153 Å². The number of sulfonamides is 3. The van der Waals surface area contributed by atoms with Gasteiger partial charge in [-0.25, -0.2) is 25.3 Å². The average molecular weight is 994 g/mol. The van der Waals surface area contributed by atoms with Crippen LogP contribution in [0.4, 0.5) is 0 Å². The second-order valence-electron chi connectivity index (χ2n) is 20.0. The monoisotopic (exact) mass is 994 g/mol. The van der Waals surface area contributed by atoms with Gasteiger partial charge in [0, 0.05) is 39.3 Å². The van der Waals surface area contributed by atoms with E-state index >= 15 is 16.8 Å². The Morgan fingerprint density at radius 2 is 0.765 bits per heavy atom. The second-order valence-corrected chi connectivity index (χ2v) is 25.7. The van der Waals surface area contributed by atoms with E-state index in [0.29, 0.717) is 16.3 Å². The van der Waals surface area contributed by atoms with E-state index in [0.717, 1.165) is 71.3 Å². The number of benzene rings is 3. The lowest BCUT2D eigenvalue weighted by Gasteiger charge is -2.28. The molecule has 0 bridgehead atoms. The Morgan fingerprint density at radius 1 is 0.456 bits per heavy atom. The highest BCUT2D eigenvalue weighted by Crippen LogP contribution is 2.38. The Kier molecular flexibility index (Phi) is 21.5. The molecule has 68 heavy (non-hydrogen) atoms. The summed E-state index contributed by atoms with van der Waals surface area (Å²) < 4.78 is 93.8. The van der Waals surface area contributed by atoms with Crippen molar-refractivity contribution in [2.75, 3.05) is 58.9 Å². The molecule has 1 heterocycles. The van der Waals surface area contributed by atoms with Gasteiger partial charge in [0.15, 0.2) is 0 Å². The first kappa shape index (κ1) is 57.1. The highest BCUT2D eigenvalue weighted by atomic mass is 32.2. The Labute approximate surface area is 412 Å². The van der Waals surface area contributed by atoms with Gasteiger partial charge < -0.3 is 11.1 Å². The van der Waals surface area contributed by atoms with E-state index < -0.39 is 30.1 Å². The summed E-state index contributed by atoms with van der Waals surface area (Å²) >= 11 is 0. The molecule has 11 nitrogen and oxygen atoms in total. The standard InChI is InChI=1S/C54H83N5O6S3/c1-39(2)46-35-49(41(5)6)53(50(36-46)42(7)8)67(62,63)58-31-15-13-29-57(66(60,61)48-24-22-45(23-25-48)21-19-27-56-28-20-26-55)30-14-16-32-59(34-18-17-33-58)68(64,65)54-51(43(9)10)37-47(40(3)4)38-52(54)44(11)12/h13-18,22-25,35-44,56H,19-21,26-34,55H2,1-12H3/b15-13+,16-14+,18-17+. The zero-order valence-corrected chi connectivity index (χ0v) is 45.6. The van der Waals surface area contributed by atoms with Gasteiger partial charge in [0.05, 0.1) is 14.7 Å². The van der Waals surface area contributed by atoms with Crippen LogP contribution in [0.2, 0.25) is 0 Å². The van der Waals surface area contributed by atoms with Crippen LogP contribution in [0, 0.1) is 0 Å². The molecule has 14 heteroatoms. The molecule has 0 aliphatic carbocycles. The lowest BCUT2D eigenvalue weighted by molar-refractivity contribution is 0.462. The fraction of sp³-hybridized carbons (Fsp3) is 0.556. The van der Waals surface area contributed by atoms with Gasteiger partial charge in [0.2, 0.25) is 30.1 Å². The summed E-state index contributed by atoms with van der Waals surface area (Å²) in [7, 11) is -12.3. The maximum Gasteiger partial charge on any atom is 0.244 e. The van der Waals surface area contributed by atoms with E-state index in [4.69, 9.17) is 5.73 Å². The largest absolute Gasteiger partial charge is 0.330 e. The molecule has 0 saturated heterocycles. The van der Waals surface area contributed by atoms with Crippen LogP contribution in [0.25, 0.3) is 0 Å². The Balaban J connectivity index is 1.85. The number of nitrogens with two attached hydrogens (primary N) is 1. The normalized spacial score (nSPS) is 17.4. The van der Waals surface area contributed by atoms with Crippen LogP contribution in [0.5, 0.6) is 0 Å². The van der Waals surface area contributed by atoms with Crippen molar-refractivity contribution in [3.05, 3.63) is 124 Å². The van der Waals surface area contributed by atoms with Crippen molar-refractivity contribution in [1.82, 2.24) is 18.2 Å². The molecule has 1 aliphatic rings. The topological polar surface area (TPSA) is 150 Å². The number of aryl methyl sites for hydroxylation is 1. The van der Waals surface area contributed by atoms with Gasteiger partial charge in [-0.2, -0.15) is 12.9 Å². The zero-order chi connectivity index (χ0) is 50.6. The molecular weight excluding hydrogens is 911 g/mol. The van der Waals surface area contributed by atoms with Crippen molar-refractivity contribution in [1.29, 1.82) is 0 Å². The van der Waals surface area contributed by atoms with Crippen LogP contribution < -0.4 is 11.1 Å². The molecule has 4 rings (SSSR count). The maximum atomic E-state index is 15.2. The van der Waals surface area contributed by atoms with Crippen LogP contribution in [0.3, 0.4) is 0 Å². The number of rotatable bonds is 19. The van der Waals surface area contributed by atoms with Gasteiger partial charge >= 0.3 is 0 Å². The van der Waals surface area contributed by atoms with E-state index in [-0.39, 0.29) is 79.7 Å². The molecule has 0 aromatic heterocycles. The van der Waals surface area contributed by atoms with Gasteiger partial charge in [-0.15, -0.1) is 0 Å².